The Balaban J connectivity index is 1.62. The van der Waals surface area contributed by atoms with E-state index < -0.39 is 11.7 Å². The number of hydrogen-bond donors (Lipinski definition) is 1. The molecule has 0 bridgehead atoms. The van der Waals surface area contributed by atoms with Crippen molar-refractivity contribution in [1.29, 1.82) is 0 Å². The first-order chi connectivity index (χ1) is 11.8. The van der Waals surface area contributed by atoms with Crippen LogP contribution in [0, 0.1) is 11.8 Å². The predicted molar refractivity (Wildman–Crippen MR) is 84.1 cm³/mol. The second-order valence-corrected chi connectivity index (χ2v) is 6.75. The minimum atomic E-state index is -4.35. The number of amides is 2. The van der Waals surface area contributed by atoms with Crippen molar-refractivity contribution in [3.05, 3.63) is 47.5 Å². The lowest BCUT2D eigenvalue weighted by Gasteiger charge is -2.20. The summed E-state index contributed by atoms with van der Waals surface area (Å²) in [6.45, 7) is 0.661. The van der Waals surface area contributed by atoms with Crippen LogP contribution in [0.2, 0.25) is 0 Å². The Hall–Kier alpha value is -2.15. The fourth-order valence-corrected chi connectivity index (χ4v) is 3.51. The number of quaternary nitrogens is 1. The maximum atomic E-state index is 12.6. The largest absolute Gasteiger partial charge is 0.416 e. The first kappa shape index (κ1) is 17.7. The molecule has 2 aliphatic rings. The van der Waals surface area contributed by atoms with Crippen molar-refractivity contribution >= 4 is 11.8 Å². The molecule has 0 spiro atoms. The van der Waals surface area contributed by atoms with Crippen molar-refractivity contribution in [2.45, 2.75) is 25.6 Å². The van der Waals surface area contributed by atoms with E-state index in [9.17, 15) is 22.8 Å². The number of rotatable bonds is 4. The lowest BCUT2D eigenvalue weighted by Crippen LogP contribution is -3.09. The average Bonchev–Trinajstić information content (AvgIpc) is 2.80. The third-order valence-corrected chi connectivity index (χ3v) is 4.81. The van der Waals surface area contributed by atoms with Crippen LogP contribution >= 0.6 is 0 Å². The van der Waals surface area contributed by atoms with E-state index in [1.54, 1.807) is 0 Å². The van der Waals surface area contributed by atoms with Gasteiger partial charge in [-0.2, -0.15) is 13.2 Å². The molecule has 1 unspecified atom stereocenters. The number of allylic oxidation sites excluding steroid dienone is 2. The number of carbonyl (C=O) groups excluding carboxylic acids is 2. The van der Waals surface area contributed by atoms with E-state index in [2.05, 4.69) is 0 Å². The van der Waals surface area contributed by atoms with Crippen LogP contribution in [0.5, 0.6) is 0 Å². The van der Waals surface area contributed by atoms with Gasteiger partial charge in [-0.05, 0) is 25.0 Å². The molecule has 3 rings (SSSR count). The minimum Gasteiger partial charge on any atom is -0.316 e. The Morgan fingerprint density at radius 2 is 1.56 bits per heavy atom. The molecule has 134 valence electrons. The normalized spacial score (nSPS) is 24.6. The van der Waals surface area contributed by atoms with Crippen LogP contribution in [0.4, 0.5) is 13.2 Å². The van der Waals surface area contributed by atoms with Crippen LogP contribution in [0.1, 0.15) is 24.0 Å². The highest BCUT2D eigenvalue weighted by Gasteiger charge is 2.48. The average molecular weight is 353 g/mol. The molecule has 1 aromatic carbocycles. The van der Waals surface area contributed by atoms with Crippen molar-refractivity contribution < 1.29 is 27.7 Å². The molecule has 4 nitrogen and oxygen atoms in total. The van der Waals surface area contributed by atoms with Crippen LogP contribution in [0.25, 0.3) is 0 Å². The Kier molecular flexibility index (Phi) is 4.69. The van der Waals surface area contributed by atoms with Crippen molar-refractivity contribution in [3.8, 4) is 0 Å². The molecule has 0 radical (unpaired) electrons. The topological polar surface area (TPSA) is 41.8 Å². The molecule has 1 N–H and O–H groups in total. The number of fused-ring (bicyclic) bond motifs is 1. The molecule has 2 amide bonds. The number of carbonyl (C=O) groups is 2. The molecule has 0 saturated carbocycles. The van der Waals surface area contributed by atoms with Crippen molar-refractivity contribution in [3.63, 3.8) is 0 Å². The molecule has 1 fully saturated rings. The van der Waals surface area contributed by atoms with Gasteiger partial charge >= 0.3 is 6.18 Å². The lowest BCUT2D eigenvalue weighted by atomic mass is 9.85. The zero-order valence-corrected chi connectivity index (χ0v) is 13.8. The van der Waals surface area contributed by atoms with E-state index in [4.69, 9.17) is 0 Å². The van der Waals surface area contributed by atoms with E-state index in [1.807, 2.05) is 19.2 Å². The molecule has 3 atom stereocenters. The van der Waals surface area contributed by atoms with Crippen LogP contribution in [-0.2, 0) is 22.3 Å². The van der Waals surface area contributed by atoms with Crippen LogP contribution < -0.4 is 4.90 Å². The van der Waals surface area contributed by atoms with Crippen LogP contribution in [0.3, 0.4) is 0 Å². The summed E-state index contributed by atoms with van der Waals surface area (Å²) in [6.07, 6.45) is 0.729. The van der Waals surface area contributed by atoms with Gasteiger partial charge in [0.25, 0.3) is 0 Å². The Bertz CT molecular complexity index is 671. The summed E-state index contributed by atoms with van der Waals surface area (Å²) >= 11 is 0. The number of nitrogens with zero attached hydrogens (tertiary/aromatic N) is 1. The Labute approximate surface area is 143 Å². The fourth-order valence-electron chi connectivity index (χ4n) is 3.51. The van der Waals surface area contributed by atoms with Crippen molar-refractivity contribution in [2.75, 3.05) is 13.7 Å². The molecule has 25 heavy (non-hydrogen) atoms. The number of imide groups is 1. The van der Waals surface area contributed by atoms with Crippen molar-refractivity contribution in [1.82, 2.24) is 4.90 Å². The maximum Gasteiger partial charge on any atom is 0.416 e. The highest BCUT2D eigenvalue weighted by molar-refractivity contribution is 6.05. The smallest absolute Gasteiger partial charge is 0.316 e. The molecule has 1 heterocycles. The van der Waals surface area contributed by atoms with Gasteiger partial charge in [-0.3, -0.25) is 9.59 Å². The highest BCUT2D eigenvalue weighted by Crippen LogP contribution is 2.34. The van der Waals surface area contributed by atoms with Gasteiger partial charge in [0.05, 0.1) is 24.4 Å². The number of benzene rings is 1. The zero-order valence-electron chi connectivity index (χ0n) is 13.8. The second kappa shape index (κ2) is 6.63. The third kappa shape index (κ3) is 3.61. The quantitative estimate of drug-likeness (QED) is 0.660. The second-order valence-electron chi connectivity index (χ2n) is 6.75. The van der Waals surface area contributed by atoms with Crippen LogP contribution in [0.15, 0.2) is 36.4 Å². The van der Waals surface area contributed by atoms with Gasteiger partial charge in [0.15, 0.2) is 6.67 Å². The van der Waals surface area contributed by atoms with Crippen LogP contribution in [-0.4, -0.2) is 30.4 Å². The third-order valence-electron chi connectivity index (χ3n) is 4.81. The number of nitrogens with one attached hydrogen (secondary N) is 1. The van der Waals surface area contributed by atoms with Gasteiger partial charge in [-0.15, -0.1) is 0 Å². The van der Waals surface area contributed by atoms with E-state index in [0.717, 1.165) is 22.6 Å². The SMILES string of the molecule is C[NH+](Cc1ccc(C(F)(F)F)cc1)CN1C(=O)[C@H]2CC=CC[C@@H]2C1=O. The zero-order chi connectivity index (χ0) is 18.2. The van der Waals surface area contributed by atoms with E-state index >= 15 is 0 Å². The molecule has 1 aliphatic heterocycles. The van der Waals surface area contributed by atoms with E-state index in [1.165, 1.54) is 17.0 Å². The summed E-state index contributed by atoms with van der Waals surface area (Å²) in [4.78, 5) is 27.0. The summed E-state index contributed by atoms with van der Waals surface area (Å²) < 4.78 is 37.8. The van der Waals surface area contributed by atoms with E-state index in [0.29, 0.717) is 19.4 Å². The maximum absolute atomic E-state index is 12.6. The van der Waals surface area contributed by atoms with Gasteiger partial charge < -0.3 is 4.90 Å². The lowest BCUT2D eigenvalue weighted by molar-refractivity contribution is -0.901. The van der Waals surface area contributed by atoms with Gasteiger partial charge in [0.2, 0.25) is 11.8 Å². The standard InChI is InChI=1S/C18H19F3N2O2/c1-22(10-12-6-8-13(9-7-12)18(19,20)21)11-23-16(24)14-4-2-3-5-15(14)17(23)25/h2-3,6-9,14-15H,4-5,10-11H2,1H3/p+1/t14-,15-/m0/s1. The highest BCUT2D eigenvalue weighted by atomic mass is 19.4. The number of likely N-dealkylation sites (tertiary alicyclic amines) is 1. The number of alkyl halides is 3. The summed E-state index contributed by atoms with van der Waals surface area (Å²) in [5.41, 5.74) is 0.0408. The molecule has 7 heteroatoms. The number of halogens is 3. The number of hydrogen-bond acceptors (Lipinski definition) is 2. The van der Waals surface area contributed by atoms with E-state index in [-0.39, 0.29) is 30.3 Å². The fraction of sp³-hybridized carbons (Fsp3) is 0.444. The first-order valence-electron chi connectivity index (χ1n) is 8.25. The Morgan fingerprint density at radius 3 is 2.04 bits per heavy atom. The van der Waals surface area contributed by atoms with Gasteiger partial charge in [0, 0.05) is 5.56 Å². The van der Waals surface area contributed by atoms with Gasteiger partial charge in [-0.25, -0.2) is 4.90 Å². The summed E-state index contributed by atoms with van der Waals surface area (Å²) in [5.74, 6) is -0.773. The monoisotopic (exact) mass is 353 g/mol. The van der Waals surface area contributed by atoms with Gasteiger partial charge in [0.1, 0.15) is 6.54 Å². The van der Waals surface area contributed by atoms with Crippen molar-refractivity contribution in [2.24, 2.45) is 11.8 Å². The van der Waals surface area contributed by atoms with Gasteiger partial charge in [-0.1, -0.05) is 24.3 Å². The molecule has 0 aromatic heterocycles. The summed E-state index contributed by atoms with van der Waals surface area (Å²) in [7, 11) is 1.82. The molecular weight excluding hydrogens is 333 g/mol. The molecule has 1 saturated heterocycles. The molecule has 1 aliphatic carbocycles. The molecular formula is C18H20F3N2O2+. The Morgan fingerprint density at radius 1 is 1.04 bits per heavy atom. The molecule has 1 aromatic rings. The summed E-state index contributed by atoms with van der Waals surface area (Å²) in [6, 6.07) is 4.97. The predicted octanol–water partition coefficient (Wildman–Crippen LogP) is 1.63. The summed E-state index contributed by atoms with van der Waals surface area (Å²) in [5, 5.41) is 0. The first-order valence-corrected chi connectivity index (χ1v) is 8.25. The minimum absolute atomic E-state index is 0.133.